The summed E-state index contributed by atoms with van der Waals surface area (Å²) in [7, 11) is 0. The van der Waals surface area contributed by atoms with E-state index in [4.69, 9.17) is 5.73 Å². The monoisotopic (exact) mass is 183 g/mol. The van der Waals surface area contributed by atoms with E-state index in [2.05, 4.69) is 0 Å². The Morgan fingerprint density at radius 2 is 2.00 bits per heavy atom. The first-order chi connectivity index (χ1) is 6.11. The molecule has 2 rings (SSSR count). The highest BCUT2D eigenvalue weighted by molar-refractivity contribution is 5.34. The third-order valence-electron chi connectivity index (χ3n) is 2.53. The summed E-state index contributed by atoms with van der Waals surface area (Å²) in [5.74, 6) is -1.01. The zero-order chi connectivity index (χ0) is 9.59. The van der Waals surface area contributed by atoms with Crippen molar-refractivity contribution in [1.82, 2.24) is 0 Å². The highest BCUT2D eigenvalue weighted by atomic mass is 19.1. The van der Waals surface area contributed by atoms with Gasteiger partial charge in [-0.1, -0.05) is 6.07 Å². The third-order valence-corrected chi connectivity index (χ3v) is 2.53. The summed E-state index contributed by atoms with van der Waals surface area (Å²) in [6.07, 6.45) is 0.692. The summed E-state index contributed by atoms with van der Waals surface area (Å²) in [4.78, 5) is 0. The van der Waals surface area contributed by atoms with Crippen molar-refractivity contribution in [3.05, 3.63) is 34.9 Å². The van der Waals surface area contributed by atoms with Gasteiger partial charge in [0, 0.05) is 17.5 Å². The van der Waals surface area contributed by atoms with Crippen molar-refractivity contribution in [3.63, 3.8) is 0 Å². The molecular formula is C10H11F2N. The second-order valence-electron chi connectivity index (χ2n) is 3.60. The van der Waals surface area contributed by atoms with Gasteiger partial charge in [0.25, 0.3) is 0 Å². The van der Waals surface area contributed by atoms with Crippen LogP contribution in [0.3, 0.4) is 0 Å². The Morgan fingerprint density at radius 3 is 2.54 bits per heavy atom. The van der Waals surface area contributed by atoms with Crippen LogP contribution in [0.2, 0.25) is 0 Å². The fraction of sp³-hybridized carbons (Fsp3) is 0.400. The number of rotatable bonds is 1. The van der Waals surface area contributed by atoms with Gasteiger partial charge in [-0.3, -0.25) is 0 Å². The molecule has 0 amide bonds. The number of halogens is 2. The number of aryl methyl sites for hydroxylation is 1. The Labute approximate surface area is 75.6 Å². The molecule has 1 fully saturated rings. The molecular weight excluding hydrogens is 172 g/mol. The van der Waals surface area contributed by atoms with Crippen LogP contribution in [0.1, 0.15) is 23.5 Å². The van der Waals surface area contributed by atoms with Gasteiger partial charge in [-0.25, -0.2) is 8.78 Å². The quantitative estimate of drug-likeness (QED) is 0.708. The molecule has 1 saturated carbocycles. The lowest BCUT2D eigenvalue weighted by molar-refractivity contribution is 0.549. The first kappa shape index (κ1) is 8.63. The molecule has 2 N–H and O–H groups in total. The molecule has 13 heavy (non-hydrogen) atoms. The predicted octanol–water partition coefficient (Wildman–Crippen LogP) is 2.09. The number of nitrogens with two attached hydrogens (primary N) is 1. The lowest BCUT2D eigenvalue weighted by Gasteiger charge is -2.05. The standard InChI is InChI=1S/C10H11F2N/c1-5-2-3-7(11)9(10(5)12)6-4-8(6)13/h2-3,6,8H,4,13H2,1H3. The second kappa shape index (κ2) is 2.77. The van der Waals surface area contributed by atoms with E-state index >= 15 is 0 Å². The molecule has 1 aliphatic rings. The maximum Gasteiger partial charge on any atom is 0.132 e. The lowest BCUT2D eigenvalue weighted by atomic mass is 10.1. The van der Waals surface area contributed by atoms with Crippen LogP contribution in [0, 0.1) is 18.6 Å². The fourth-order valence-electron chi connectivity index (χ4n) is 1.56. The normalized spacial score (nSPS) is 26.2. The van der Waals surface area contributed by atoms with Gasteiger partial charge in [0.15, 0.2) is 0 Å². The van der Waals surface area contributed by atoms with Crippen molar-refractivity contribution in [1.29, 1.82) is 0 Å². The van der Waals surface area contributed by atoms with Crippen LogP contribution in [-0.4, -0.2) is 6.04 Å². The van der Waals surface area contributed by atoms with Crippen LogP contribution in [-0.2, 0) is 0 Å². The zero-order valence-electron chi connectivity index (χ0n) is 7.35. The van der Waals surface area contributed by atoms with Crippen LogP contribution in [0.4, 0.5) is 8.78 Å². The summed E-state index contributed by atoms with van der Waals surface area (Å²) in [6.45, 7) is 1.63. The minimum atomic E-state index is -0.471. The molecule has 0 aliphatic heterocycles. The Balaban J connectivity index is 2.48. The van der Waals surface area contributed by atoms with Crippen molar-refractivity contribution in [2.24, 2.45) is 5.73 Å². The van der Waals surface area contributed by atoms with Gasteiger partial charge in [0.2, 0.25) is 0 Å². The third kappa shape index (κ3) is 1.33. The largest absolute Gasteiger partial charge is 0.327 e. The van der Waals surface area contributed by atoms with E-state index < -0.39 is 11.6 Å². The molecule has 0 heterocycles. The lowest BCUT2D eigenvalue weighted by Crippen LogP contribution is -2.05. The molecule has 0 saturated heterocycles. The summed E-state index contributed by atoms with van der Waals surface area (Å²) >= 11 is 0. The van der Waals surface area contributed by atoms with E-state index in [9.17, 15) is 8.78 Å². The number of hydrogen-bond acceptors (Lipinski definition) is 1. The topological polar surface area (TPSA) is 26.0 Å². The summed E-state index contributed by atoms with van der Waals surface area (Å²) < 4.78 is 26.6. The van der Waals surface area contributed by atoms with E-state index in [1.807, 2.05) is 0 Å². The van der Waals surface area contributed by atoms with E-state index in [0.717, 1.165) is 0 Å². The van der Waals surface area contributed by atoms with Crippen molar-refractivity contribution in [2.45, 2.75) is 25.3 Å². The van der Waals surface area contributed by atoms with E-state index in [-0.39, 0.29) is 17.5 Å². The van der Waals surface area contributed by atoms with Crippen LogP contribution < -0.4 is 5.73 Å². The van der Waals surface area contributed by atoms with E-state index in [1.165, 1.54) is 12.1 Å². The van der Waals surface area contributed by atoms with Crippen LogP contribution in [0.25, 0.3) is 0 Å². The molecule has 0 bridgehead atoms. The Morgan fingerprint density at radius 1 is 1.38 bits per heavy atom. The molecule has 0 aromatic heterocycles. The van der Waals surface area contributed by atoms with Crippen LogP contribution in [0.5, 0.6) is 0 Å². The average molecular weight is 183 g/mol. The van der Waals surface area contributed by atoms with Gasteiger partial charge in [-0.2, -0.15) is 0 Å². The zero-order valence-corrected chi connectivity index (χ0v) is 7.35. The van der Waals surface area contributed by atoms with E-state index in [0.29, 0.717) is 12.0 Å². The molecule has 0 radical (unpaired) electrons. The summed E-state index contributed by atoms with van der Waals surface area (Å²) in [5, 5.41) is 0. The predicted molar refractivity (Wildman–Crippen MR) is 46.4 cm³/mol. The Bertz CT molecular complexity index is 349. The molecule has 1 aliphatic carbocycles. The first-order valence-electron chi connectivity index (χ1n) is 4.31. The summed E-state index contributed by atoms with van der Waals surface area (Å²) in [5.41, 5.74) is 6.21. The molecule has 0 spiro atoms. The van der Waals surface area contributed by atoms with Crippen molar-refractivity contribution in [2.75, 3.05) is 0 Å². The molecule has 3 heteroatoms. The van der Waals surface area contributed by atoms with Gasteiger partial charge in [0.1, 0.15) is 11.6 Å². The van der Waals surface area contributed by atoms with Gasteiger partial charge in [-0.15, -0.1) is 0 Å². The smallest absolute Gasteiger partial charge is 0.132 e. The maximum atomic E-state index is 13.4. The molecule has 2 atom stereocenters. The maximum absolute atomic E-state index is 13.4. The summed E-state index contributed by atoms with van der Waals surface area (Å²) in [6, 6.07) is 2.69. The van der Waals surface area contributed by atoms with Crippen molar-refractivity contribution < 1.29 is 8.78 Å². The van der Waals surface area contributed by atoms with Gasteiger partial charge < -0.3 is 5.73 Å². The highest BCUT2D eigenvalue weighted by Gasteiger charge is 2.39. The average Bonchev–Trinajstić information content (AvgIpc) is 2.76. The van der Waals surface area contributed by atoms with Gasteiger partial charge >= 0.3 is 0 Å². The van der Waals surface area contributed by atoms with Crippen molar-refractivity contribution in [3.8, 4) is 0 Å². The van der Waals surface area contributed by atoms with Gasteiger partial charge in [-0.05, 0) is 25.0 Å². The Hall–Kier alpha value is -0.960. The first-order valence-corrected chi connectivity index (χ1v) is 4.31. The van der Waals surface area contributed by atoms with Crippen LogP contribution in [0.15, 0.2) is 12.1 Å². The second-order valence-corrected chi connectivity index (χ2v) is 3.60. The molecule has 1 aromatic rings. The van der Waals surface area contributed by atoms with Gasteiger partial charge in [0.05, 0.1) is 0 Å². The van der Waals surface area contributed by atoms with Crippen molar-refractivity contribution >= 4 is 0 Å². The number of hydrogen-bond donors (Lipinski definition) is 1. The highest BCUT2D eigenvalue weighted by Crippen LogP contribution is 2.41. The Kier molecular flexibility index (Phi) is 1.84. The van der Waals surface area contributed by atoms with E-state index in [1.54, 1.807) is 6.92 Å². The fourth-order valence-corrected chi connectivity index (χ4v) is 1.56. The molecule has 1 nitrogen and oxygen atoms in total. The molecule has 70 valence electrons. The molecule has 2 unspecified atom stereocenters. The molecule has 1 aromatic carbocycles. The SMILES string of the molecule is Cc1ccc(F)c(C2CC2N)c1F. The minimum absolute atomic E-state index is 0.0641. The van der Waals surface area contributed by atoms with Crippen LogP contribution >= 0.6 is 0 Å². The number of benzene rings is 1. The minimum Gasteiger partial charge on any atom is -0.327 e.